The first-order chi connectivity index (χ1) is 9.16. The Bertz CT molecular complexity index is 540. The van der Waals surface area contributed by atoms with Gasteiger partial charge in [-0.25, -0.2) is 4.98 Å². The lowest BCUT2D eigenvalue weighted by atomic mass is 10.1. The van der Waals surface area contributed by atoms with Crippen molar-refractivity contribution in [1.82, 2.24) is 15.3 Å². The standard InChI is InChI=1S/C14H15N3O2/c1-10-7-16-12(8-15-10)14(19)17-9-13(18)11-5-3-2-4-6-11/h2-8,13,18H,9H2,1H3,(H,17,19). The van der Waals surface area contributed by atoms with E-state index in [2.05, 4.69) is 15.3 Å². The second kappa shape index (κ2) is 6.06. The van der Waals surface area contributed by atoms with E-state index in [1.807, 2.05) is 30.3 Å². The molecule has 19 heavy (non-hydrogen) atoms. The minimum atomic E-state index is -0.733. The van der Waals surface area contributed by atoms with Crippen LogP contribution in [0.1, 0.15) is 27.8 Å². The van der Waals surface area contributed by atoms with Crippen LogP contribution in [-0.4, -0.2) is 27.5 Å². The van der Waals surface area contributed by atoms with Gasteiger partial charge in [-0.3, -0.25) is 9.78 Å². The number of amides is 1. The van der Waals surface area contributed by atoms with Crippen molar-refractivity contribution in [3.05, 3.63) is 59.7 Å². The number of aliphatic hydroxyl groups excluding tert-OH is 1. The van der Waals surface area contributed by atoms with E-state index >= 15 is 0 Å². The molecular weight excluding hydrogens is 242 g/mol. The summed E-state index contributed by atoms with van der Waals surface area (Å²) >= 11 is 0. The molecule has 5 nitrogen and oxygen atoms in total. The lowest BCUT2D eigenvalue weighted by molar-refractivity contribution is 0.0911. The minimum Gasteiger partial charge on any atom is -0.387 e. The third-order valence-corrected chi connectivity index (χ3v) is 2.65. The van der Waals surface area contributed by atoms with Crippen molar-refractivity contribution < 1.29 is 9.90 Å². The van der Waals surface area contributed by atoms with Crippen LogP contribution in [0.25, 0.3) is 0 Å². The minimum absolute atomic E-state index is 0.137. The van der Waals surface area contributed by atoms with Crippen LogP contribution >= 0.6 is 0 Å². The summed E-state index contributed by atoms with van der Waals surface area (Å²) in [5, 5.41) is 12.5. The number of carbonyl (C=O) groups is 1. The van der Waals surface area contributed by atoms with Gasteiger partial charge in [-0.05, 0) is 12.5 Å². The molecule has 2 rings (SSSR count). The Balaban J connectivity index is 1.92. The topological polar surface area (TPSA) is 75.1 Å². The van der Waals surface area contributed by atoms with Crippen molar-refractivity contribution >= 4 is 5.91 Å². The molecule has 0 saturated heterocycles. The van der Waals surface area contributed by atoms with Crippen molar-refractivity contribution in [2.75, 3.05) is 6.54 Å². The van der Waals surface area contributed by atoms with E-state index in [1.165, 1.54) is 12.4 Å². The molecule has 0 fully saturated rings. The second-order valence-corrected chi connectivity index (χ2v) is 4.18. The van der Waals surface area contributed by atoms with Gasteiger partial charge >= 0.3 is 0 Å². The lowest BCUT2D eigenvalue weighted by Crippen LogP contribution is -2.29. The fourth-order valence-corrected chi connectivity index (χ4v) is 1.58. The molecule has 0 spiro atoms. The molecule has 2 N–H and O–H groups in total. The number of hydrogen-bond donors (Lipinski definition) is 2. The molecule has 98 valence electrons. The van der Waals surface area contributed by atoms with Gasteiger partial charge in [0.1, 0.15) is 5.69 Å². The van der Waals surface area contributed by atoms with Gasteiger partial charge < -0.3 is 10.4 Å². The summed E-state index contributed by atoms with van der Waals surface area (Å²) in [6.07, 6.45) is 2.21. The third kappa shape index (κ3) is 3.59. The Kier molecular flexibility index (Phi) is 4.20. The zero-order chi connectivity index (χ0) is 13.7. The first-order valence-corrected chi connectivity index (χ1v) is 5.96. The van der Waals surface area contributed by atoms with Gasteiger partial charge in [0.2, 0.25) is 0 Å². The van der Waals surface area contributed by atoms with E-state index in [-0.39, 0.29) is 18.1 Å². The van der Waals surface area contributed by atoms with Crippen LogP contribution in [0, 0.1) is 6.92 Å². The molecule has 0 aliphatic rings. The molecule has 5 heteroatoms. The number of aliphatic hydroxyl groups is 1. The molecule has 0 aliphatic carbocycles. The molecule has 0 radical (unpaired) electrons. The van der Waals surface area contributed by atoms with Crippen LogP contribution in [0.2, 0.25) is 0 Å². The molecule has 0 aliphatic heterocycles. The van der Waals surface area contributed by atoms with Gasteiger partial charge in [-0.1, -0.05) is 30.3 Å². The predicted octanol–water partition coefficient (Wildman–Crippen LogP) is 1.25. The SMILES string of the molecule is Cc1cnc(C(=O)NCC(O)c2ccccc2)cn1. The van der Waals surface area contributed by atoms with E-state index in [9.17, 15) is 9.90 Å². The Morgan fingerprint density at radius 1 is 1.26 bits per heavy atom. The number of nitrogens with one attached hydrogen (secondary N) is 1. The van der Waals surface area contributed by atoms with Gasteiger partial charge in [0, 0.05) is 12.7 Å². The van der Waals surface area contributed by atoms with Crippen molar-refractivity contribution in [1.29, 1.82) is 0 Å². The summed E-state index contributed by atoms with van der Waals surface area (Å²) in [6.45, 7) is 1.94. The normalized spacial score (nSPS) is 11.9. The Morgan fingerprint density at radius 3 is 2.63 bits per heavy atom. The summed E-state index contributed by atoms with van der Waals surface area (Å²) in [7, 11) is 0. The van der Waals surface area contributed by atoms with Gasteiger partial charge in [-0.2, -0.15) is 0 Å². The quantitative estimate of drug-likeness (QED) is 0.864. The Hall–Kier alpha value is -2.27. The van der Waals surface area contributed by atoms with Crippen LogP contribution in [0.4, 0.5) is 0 Å². The number of aryl methyl sites for hydroxylation is 1. The van der Waals surface area contributed by atoms with Gasteiger partial charge in [0.05, 0.1) is 18.0 Å². The number of hydrogen-bond acceptors (Lipinski definition) is 4. The van der Waals surface area contributed by atoms with E-state index < -0.39 is 6.10 Å². The van der Waals surface area contributed by atoms with Gasteiger partial charge in [0.15, 0.2) is 0 Å². The molecule has 0 bridgehead atoms. The van der Waals surface area contributed by atoms with Crippen LogP contribution in [0.3, 0.4) is 0 Å². The molecule has 1 atom stereocenters. The highest BCUT2D eigenvalue weighted by Gasteiger charge is 2.11. The van der Waals surface area contributed by atoms with Crippen LogP contribution < -0.4 is 5.32 Å². The van der Waals surface area contributed by atoms with Crippen LogP contribution in [-0.2, 0) is 0 Å². The largest absolute Gasteiger partial charge is 0.387 e. The van der Waals surface area contributed by atoms with E-state index in [0.717, 1.165) is 11.3 Å². The number of benzene rings is 1. The summed E-state index contributed by atoms with van der Waals surface area (Å²) in [5.74, 6) is -0.345. The monoisotopic (exact) mass is 257 g/mol. The van der Waals surface area contributed by atoms with Crippen molar-refractivity contribution in [2.24, 2.45) is 0 Å². The van der Waals surface area contributed by atoms with E-state index in [0.29, 0.717) is 0 Å². The molecule has 1 aromatic heterocycles. The summed E-state index contributed by atoms with van der Waals surface area (Å²) in [5.41, 5.74) is 1.75. The Labute approximate surface area is 111 Å². The average molecular weight is 257 g/mol. The van der Waals surface area contributed by atoms with Crippen molar-refractivity contribution in [2.45, 2.75) is 13.0 Å². The highest BCUT2D eigenvalue weighted by Crippen LogP contribution is 2.10. The molecular formula is C14H15N3O2. The summed E-state index contributed by atoms with van der Waals surface area (Å²) in [4.78, 5) is 19.7. The van der Waals surface area contributed by atoms with E-state index in [4.69, 9.17) is 0 Å². The van der Waals surface area contributed by atoms with Crippen LogP contribution in [0.15, 0.2) is 42.7 Å². The van der Waals surface area contributed by atoms with Gasteiger partial charge in [-0.15, -0.1) is 0 Å². The van der Waals surface area contributed by atoms with Crippen molar-refractivity contribution in [3.63, 3.8) is 0 Å². The maximum atomic E-state index is 11.8. The second-order valence-electron chi connectivity index (χ2n) is 4.18. The van der Waals surface area contributed by atoms with Crippen LogP contribution in [0.5, 0.6) is 0 Å². The predicted molar refractivity (Wildman–Crippen MR) is 70.5 cm³/mol. The third-order valence-electron chi connectivity index (χ3n) is 2.65. The number of carbonyl (C=O) groups excluding carboxylic acids is 1. The lowest BCUT2D eigenvalue weighted by Gasteiger charge is -2.11. The summed E-state index contributed by atoms with van der Waals surface area (Å²) in [6, 6.07) is 9.17. The van der Waals surface area contributed by atoms with E-state index in [1.54, 1.807) is 6.92 Å². The fourth-order valence-electron chi connectivity index (χ4n) is 1.58. The molecule has 0 saturated carbocycles. The molecule has 1 unspecified atom stereocenters. The molecule has 1 aromatic carbocycles. The van der Waals surface area contributed by atoms with Gasteiger partial charge in [0.25, 0.3) is 5.91 Å². The smallest absolute Gasteiger partial charge is 0.271 e. The molecule has 1 amide bonds. The first-order valence-electron chi connectivity index (χ1n) is 5.96. The zero-order valence-electron chi connectivity index (χ0n) is 10.6. The maximum Gasteiger partial charge on any atom is 0.271 e. The first kappa shape index (κ1) is 13.2. The molecule has 1 heterocycles. The highest BCUT2D eigenvalue weighted by molar-refractivity contribution is 5.91. The highest BCUT2D eigenvalue weighted by atomic mass is 16.3. The summed E-state index contributed by atoms with van der Waals surface area (Å²) < 4.78 is 0. The average Bonchev–Trinajstić information content (AvgIpc) is 2.46. The number of aromatic nitrogens is 2. The number of nitrogens with zero attached hydrogens (tertiary/aromatic N) is 2. The Morgan fingerprint density at radius 2 is 2.00 bits per heavy atom. The number of rotatable bonds is 4. The fraction of sp³-hybridized carbons (Fsp3) is 0.214. The molecule has 2 aromatic rings. The maximum absolute atomic E-state index is 11.8. The zero-order valence-corrected chi connectivity index (χ0v) is 10.6. The van der Waals surface area contributed by atoms with Crippen molar-refractivity contribution in [3.8, 4) is 0 Å².